The highest BCUT2D eigenvalue weighted by atomic mass is 16.4. The van der Waals surface area contributed by atoms with Crippen LogP contribution in [0.2, 0.25) is 0 Å². The summed E-state index contributed by atoms with van der Waals surface area (Å²) in [7, 11) is 0. The average molecular weight is 372 g/mol. The summed E-state index contributed by atoms with van der Waals surface area (Å²) in [6.07, 6.45) is 3.54. The number of nitrogens with zero attached hydrogens (tertiary/aromatic N) is 2. The van der Waals surface area contributed by atoms with Gasteiger partial charge in [0.2, 0.25) is 5.91 Å². The second-order valence-corrected chi connectivity index (χ2v) is 7.38. The van der Waals surface area contributed by atoms with Crippen molar-refractivity contribution < 1.29 is 24.3 Å². The van der Waals surface area contributed by atoms with Gasteiger partial charge in [0.05, 0.1) is 18.3 Å². The van der Waals surface area contributed by atoms with E-state index in [0.29, 0.717) is 17.7 Å². The van der Waals surface area contributed by atoms with Crippen molar-refractivity contribution in [2.75, 3.05) is 6.54 Å². The molecule has 0 radical (unpaired) electrons. The average Bonchev–Trinajstić information content (AvgIpc) is 2.86. The molecule has 0 aromatic carbocycles. The van der Waals surface area contributed by atoms with Gasteiger partial charge in [-0.2, -0.15) is 0 Å². The Morgan fingerprint density at radius 2 is 2.15 bits per heavy atom. The molecule has 1 aromatic rings. The number of carbonyl (C=O) groups is 4. The molecule has 4 N–H and O–H groups in total. The van der Waals surface area contributed by atoms with Crippen molar-refractivity contribution in [3.8, 4) is 0 Å². The maximum atomic E-state index is 12.5. The number of carboxylic acid groups (broad SMARTS) is 1. The number of nitrogens with two attached hydrogens (primary N) is 1. The van der Waals surface area contributed by atoms with Crippen LogP contribution in [0.4, 0.5) is 0 Å². The summed E-state index contributed by atoms with van der Waals surface area (Å²) in [5, 5.41) is 11.8. The zero-order chi connectivity index (χ0) is 19.9. The molecule has 9 nitrogen and oxygen atoms in total. The summed E-state index contributed by atoms with van der Waals surface area (Å²) in [6, 6.07) is 1.84. The molecule has 0 spiro atoms. The molecular weight excluding hydrogens is 352 g/mol. The van der Waals surface area contributed by atoms with Crippen LogP contribution in [0.15, 0.2) is 23.9 Å². The van der Waals surface area contributed by atoms with Crippen molar-refractivity contribution in [2.45, 2.75) is 32.4 Å². The number of carbonyl (C=O) groups excluding carboxylic acids is 3. The molecule has 1 aromatic heterocycles. The minimum absolute atomic E-state index is 0.275. The number of fused-ring (bicyclic) bond motifs is 1. The van der Waals surface area contributed by atoms with Gasteiger partial charge in [-0.15, -0.1) is 0 Å². The number of aliphatic carboxylic acids is 1. The molecular formula is C18H20N4O5. The highest BCUT2D eigenvalue weighted by Crippen LogP contribution is 2.49. The van der Waals surface area contributed by atoms with E-state index >= 15 is 0 Å². The molecule has 3 rings (SSSR count). The zero-order valence-corrected chi connectivity index (χ0v) is 14.9. The lowest BCUT2D eigenvalue weighted by molar-refractivity contribution is -0.154. The van der Waals surface area contributed by atoms with E-state index in [2.05, 4.69) is 10.3 Å². The van der Waals surface area contributed by atoms with Crippen molar-refractivity contribution in [1.29, 1.82) is 0 Å². The Labute approximate surface area is 155 Å². The minimum Gasteiger partial charge on any atom is -0.480 e. The van der Waals surface area contributed by atoms with Gasteiger partial charge in [-0.1, -0.05) is 13.8 Å². The topological polar surface area (TPSA) is 143 Å². The van der Waals surface area contributed by atoms with Crippen LogP contribution in [0.5, 0.6) is 0 Å². The van der Waals surface area contributed by atoms with E-state index in [-0.39, 0.29) is 24.1 Å². The normalized spacial score (nSPS) is 24.3. The summed E-state index contributed by atoms with van der Waals surface area (Å²) in [6.45, 7) is 3.38. The summed E-state index contributed by atoms with van der Waals surface area (Å²) >= 11 is 0. The molecule has 3 heterocycles. The highest BCUT2D eigenvalue weighted by Gasteiger charge is 2.60. The van der Waals surface area contributed by atoms with Crippen LogP contribution in [0.1, 0.15) is 36.3 Å². The number of aromatic nitrogens is 1. The molecule has 2 saturated heterocycles. The van der Waals surface area contributed by atoms with Gasteiger partial charge in [0.15, 0.2) is 0 Å². The summed E-state index contributed by atoms with van der Waals surface area (Å²) in [5.74, 6) is -2.48. The van der Waals surface area contributed by atoms with Crippen molar-refractivity contribution in [3.63, 3.8) is 0 Å². The number of pyridine rings is 1. The van der Waals surface area contributed by atoms with Crippen LogP contribution < -0.4 is 11.1 Å². The largest absolute Gasteiger partial charge is 0.480 e. The van der Waals surface area contributed by atoms with Crippen molar-refractivity contribution in [2.24, 2.45) is 11.1 Å². The first-order valence-electron chi connectivity index (χ1n) is 8.41. The predicted molar refractivity (Wildman–Crippen MR) is 94.2 cm³/mol. The van der Waals surface area contributed by atoms with E-state index in [1.54, 1.807) is 6.08 Å². The predicted octanol–water partition coefficient (Wildman–Crippen LogP) is -0.226. The second-order valence-electron chi connectivity index (χ2n) is 7.38. The van der Waals surface area contributed by atoms with E-state index in [1.807, 2.05) is 13.8 Å². The summed E-state index contributed by atoms with van der Waals surface area (Å²) in [5.41, 5.74) is 5.62. The van der Waals surface area contributed by atoms with Crippen LogP contribution in [0.3, 0.4) is 0 Å². The molecule has 2 fully saturated rings. The summed E-state index contributed by atoms with van der Waals surface area (Å²) < 4.78 is 0. The van der Waals surface area contributed by atoms with Gasteiger partial charge < -0.3 is 21.1 Å². The highest BCUT2D eigenvalue weighted by molar-refractivity contribution is 6.08. The number of nitrogens with one attached hydrogen (secondary N) is 1. The van der Waals surface area contributed by atoms with Gasteiger partial charge in [-0.3, -0.25) is 19.4 Å². The van der Waals surface area contributed by atoms with E-state index in [1.165, 1.54) is 23.2 Å². The quantitative estimate of drug-likeness (QED) is 0.481. The summed E-state index contributed by atoms with van der Waals surface area (Å²) in [4.78, 5) is 52.3. The Kier molecular flexibility index (Phi) is 4.46. The first kappa shape index (κ1) is 18.6. The SMILES string of the molecule is CC1(C)CC2C(=Cc3cc(C(=O)NCC(N)=O)ccn3)C(=O)N2C1C(=O)O. The van der Waals surface area contributed by atoms with Gasteiger partial charge in [0.1, 0.15) is 6.04 Å². The fraction of sp³-hybridized carbons (Fsp3) is 0.389. The Hall–Kier alpha value is -3.23. The number of β-lactam (4-membered cyclic amide) rings is 1. The smallest absolute Gasteiger partial charge is 0.327 e. The second kappa shape index (κ2) is 6.49. The Bertz CT molecular complexity index is 876. The Balaban J connectivity index is 1.82. The third-order valence-electron chi connectivity index (χ3n) is 4.92. The zero-order valence-electron chi connectivity index (χ0n) is 14.9. The molecule has 2 unspecified atom stereocenters. The molecule has 27 heavy (non-hydrogen) atoms. The molecule has 9 heteroatoms. The molecule has 2 aliphatic heterocycles. The van der Waals surface area contributed by atoms with Crippen LogP contribution in [0.25, 0.3) is 6.08 Å². The monoisotopic (exact) mass is 372 g/mol. The molecule has 0 aliphatic carbocycles. The van der Waals surface area contributed by atoms with E-state index in [4.69, 9.17) is 5.73 Å². The fourth-order valence-electron chi connectivity index (χ4n) is 3.72. The molecule has 0 saturated carbocycles. The molecule has 2 atom stereocenters. The van der Waals surface area contributed by atoms with E-state index in [0.717, 1.165) is 0 Å². The van der Waals surface area contributed by atoms with E-state index < -0.39 is 29.2 Å². The third kappa shape index (κ3) is 3.27. The standard InChI is InChI=1S/C18H20N4O5/c1-18(2)7-12-11(16(25)22(12)14(18)17(26)27)6-10-5-9(3-4-20-10)15(24)21-8-13(19)23/h3-6,12,14H,7-8H2,1-2H3,(H2,19,23)(H,21,24)(H,26,27). The molecule has 142 valence electrons. The maximum Gasteiger partial charge on any atom is 0.327 e. The number of rotatable bonds is 5. The number of hydrogen-bond donors (Lipinski definition) is 3. The third-order valence-corrected chi connectivity index (χ3v) is 4.92. The van der Waals surface area contributed by atoms with Gasteiger partial charge >= 0.3 is 5.97 Å². The number of hydrogen-bond acceptors (Lipinski definition) is 5. The number of primary amides is 1. The van der Waals surface area contributed by atoms with Gasteiger partial charge in [-0.25, -0.2) is 4.79 Å². The Morgan fingerprint density at radius 3 is 2.78 bits per heavy atom. The van der Waals surface area contributed by atoms with Crippen LogP contribution in [-0.4, -0.2) is 57.3 Å². The van der Waals surface area contributed by atoms with Gasteiger partial charge in [0, 0.05) is 17.3 Å². The molecule has 2 aliphatic rings. The van der Waals surface area contributed by atoms with Crippen molar-refractivity contribution >= 4 is 29.8 Å². The lowest BCUT2D eigenvalue weighted by atomic mass is 9.83. The van der Waals surface area contributed by atoms with Crippen molar-refractivity contribution in [3.05, 3.63) is 35.2 Å². The molecule has 3 amide bonds. The first-order chi connectivity index (χ1) is 12.6. The van der Waals surface area contributed by atoms with Crippen LogP contribution >= 0.6 is 0 Å². The van der Waals surface area contributed by atoms with E-state index in [9.17, 15) is 24.3 Å². The van der Waals surface area contributed by atoms with Gasteiger partial charge in [-0.05, 0) is 30.0 Å². The maximum absolute atomic E-state index is 12.5. The van der Waals surface area contributed by atoms with Gasteiger partial charge in [0.25, 0.3) is 11.8 Å². The van der Waals surface area contributed by atoms with Crippen LogP contribution in [-0.2, 0) is 14.4 Å². The molecule has 0 bridgehead atoms. The number of carboxylic acids is 1. The Morgan fingerprint density at radius 1 is 1.44 bits per heavy atom. The minimum atomic E-state index is -1.01. The van der Waals surface area contributed by atoms with Crippen LogP contribution in [0, 0.1) is 5.41 Å². The van der Waals surface area contributed by atoms with Crippen molar-refractivity contribution in [1.82, 2.24) is 15.2 Å². The first-order valence-corrected chi connectivity index (χ1v) is 8.41. The lowest BCUT2D eigenvalue weighted by Crippen LogP contribution is -2.57. The fourth-order valence-corrected chi connectivity index (χ4v) is 3.72. The number of amides is 3. The lowest BCUT2D eigenvalue weighted by Gasteiger charge is -2.40.